The summed E-state index contributed by atoms with van der Waals surface area (Å²) in [4.78, 5) is 16.5. The number of para-hydroxylation sites is 1. The van der Waals surface area contributed by atoms with Gasteiger partial charge in [-0.25, -0.2) is 0 Å². The van der Waals surface area contributed by atoms with Crippen molar-refractivity contribution in [2.75, 3.05) is 6.54 Å². The smallest absolute Gasteiger partial charge is 0.167 e. The van der Waals surface area contributed by atoms with E-state index < -0.39 is 0 Å². The number of pyridine rings is 1. The fraction of sp³-hybridized carbons (Fsp3) is 0.333. The highest BCUT2D eigenvalue weighted by atomic mass is 16.1. The highest BCUT2D eigenvalue weighted by Crippen LogP contribution is 2.17. The minimum atomic E-state index is 0.0107. The molecule has 94 valence electrons. The van der Waals surface area contributed by atoms with Crippen LogP contribution in [-0.2, 0) is 0 Å². The molecule has 0 amide bonds. The normalized spacial score (nSPS) is 12.6. The van der Waals surface area contributed by atoms with E-state index in [-0.39, 0.29) is 11.7 Å². The van der Waals surface area contributed by atoms with Gasteiger partial charge in [-0.05, 0) is 31.5 Å². The van der Waals surface area contributed by atoms with E-state index in [1.165, 1.54) is 0 Å². The van der Waals surface area contributed by atoms with Gasteiger partial charge < -0.3 is 5.73 Å². The van der Waals surface area contributed by atoms with Gasteiger partial charge in [-0.1, -0.05) is 25.1 Å². The van der Waals surface area contributed by atoms with E-state index in [2.05, 4.69) is 4.98 Å². The van der Waals surface area contributed by atoms with E-state index in [1.807, 2.05) is 37.3 Å². The Morgan fingerprint density at radius 3 is 2.94 bits per heavy atom. The maximum atomic E-state index is 12.2. The minimum Gasteiger partial charge on any atom is -0.330 e. The molecule has 1 aromatic carbocycles. The predicted molar refractivity (Wildman–Crippen MR) is 73.5 cm³/mol. The first-order valence-corrected chi connectivity index (χ1v) is 6.31. The SMILES string of the molecule is CC(CCCN)C(=O)c1cnc2ccccc2c1. The number of ketones is 1. The first kappa shape index (κ1) is 12.7. The Hall–Kier alpha value is -1.74. The van der Waals surface area contributed by atoms with Crippen molar-refractivity contribution in [3.8, 4) is 0 Å². The predicted octanol–water partition coefficient (Wildman–Crippen LogP) is 2.79. The minimum absolute atomic E-state index is 0.0107. The van der Waals surface area contributed by atoms with Crippen molar-refractivity contribution in [3.63, 3.8) is 0 Å². The van der Waals surface area contributed by atoms with E-state index >= 15 is 0 Å². The molecule has 0 saturated heterocycles. The molecule has 2 aromatic rings. The second kappa shape index (κ2) is 5.74. The first-order chi connectivity index (χ1) is 8.72. The van der Waals surface area contributed by atoms with Crippen molar-refractivity contribution in [2.24, 2.45) is 11.7 Å². The Bertz CT molecular complexity index is 551. The molecule has 1 unspecified atom stereocenters. The summed E-state index contributed by atoms with van der Waals surface area (Å²) in [6.07, 6.45) is 3.39. The largest absolute Gasteiger partial charge is 0.330 e. The monoisotopic (exact) mass is 242 g/mol. The van der Waals surface area contributed by atoms with Gasteiger partial charge in [0.1, 0.15) is 0 Å². The summed E-state index contributed by atoms with van der Waals surface area (Å²) in [7, 11) is 0. The highest BCUT2D eigenvalue weighted by Gasteiger charge is 2.15. The zero-order valence-corrected chi connectivity index (χ0v) is 10.6. The lowest BCUT2D eigenvalue weighted by Crippen LogP contribution is -2.13. The van der Waals surface area contributed by atoms with Crippen LogP contribution in [0.15, 0.2) is 36.5 Å². The molecule has 0 spiro atoms. The molecular formula is C15H18N2O. The molecule has 0 aliphatic carbocycles. The molecule has 0 aliphatic heterocycles. The molecule has 0 radical (unpaired) electrons. The van der Waals surface area contributed by atoms with Crippen LogP contribution >= 0.6 is 0 Å². The number of carbonyl (C=O) groups excluding carboxylic acids is 1. The molecule has 1 atom stereocenters. The Kier molecular flexibility index (Phi) is 4.05. The first-order valence-electron chi connectivity index (χ1n) is 6.31. The third-order valence-electron chi connectivity index (χ3n) is 3.16. The van der Waals surface area contributed by atoms with Crippen LogP contribution in [0, 0.1) is 5.92 Å². The van der Waals surface area contributed by atoms with Gasteiger partial charge in [-0.2, -0.15) is 0 Å². The highest BCUT2D eigenvalue weighted by molar-refractivity contribution is 6.00. The fourth-order valence-corrected chi connectivity index (χ4v) is 2.05. The summed E-state index contributed by atoms with van der Waals surface area (Å²) in [5, 5.41) is 1.01. The lowest BCUT2D eigenvalue weighted by Gasteiger charge is -2.09. The van der Waals surface area contributed by atoms with Crippen LogP contribution in [0.3, 0.4) is 0 Å². The molecular weight excluding hydrogens is 224 g/mol. The zero-order valence-electron chi connectivity index (χ0n) is 10.6. The van der Waals surface area contributed by atoms with Crippen molar-refractivity contribution in [2.45, 2.75) is 19.8 Å². The van der Waals surface area contributed by atoms with Gasteiger partial charge in [0.25, 0.3) is 0 Å². The van der Waals surface area contributed by atoms with Crippen molar-refractivity contribution < 1.29 is 4.79 Å². The summed E-state index contributed by atoms with van der Waals surface area (Å²) in [6.45, 7) is 2.58. The van der Waals surface area contributed by atoms with Gasteiger partial charge >= 0.3 is 0 Å². The Balaban J connectivity index is 2.22. The van der Waals surface area contributed by atoms with E-state index in [9.17, 15) is 4.79 Å². The number of nitrogens with two attached hydrogens (primary N) is 1. The van der Waals surface area contributed by atoms with Gasteiger partial charge in [-0.3, -0.25) is 9.78 Å². The van der Waals surface area contributed by atoms with Gasteiger partial charge in [0, 0.05) is 23.1 Å². The number of benzene rings is 1. The summed E-state index contributed by atoms with van der Waals surface area (Å²) >= 11 is 0. The Morgan fingerprint density at radius 1 is 1.39 bits per heavy atom. The second-order valence-corrected chi connectivity index (χ2v) is 4.61. The molecule has 0 bridgehead atoms. The van der Waals surface area contributed by atoms with E-state index in [1.54, 1.807) is 6.20 Å². The fourth-order valence-electron chi connectivity index (χ4n) is 2.05. The number of carbonyl (C=O) groups is 1. The van der Waals surface area contributed by atoms with Gasteiger partial charge in [0.2, 0.25) is 0 Å². The third kappa shape index (κ3) is 2.74. The number of hydrogen-bond donors (Lipinski definition) is 1. The van der Waals surface area contributed by atoms with Crippen LogP contribution in [-0.4, -0.2) is 17.3 Å². The van der Waals surface area contributed by atoms with Crippen molar-refractivity contribution in [1.82, 2.24) is 4.98 Å². The van der Waals surface area contributed by atoms with Crippen LogP contribution in [0.1, 0.15) is 30.1 Å². The van der Waals surface area contributed by atoms with E-state index in [0.717, 1.165) is 23.7 Å². The van der Waals surface area contributed by atoms with Crippen molar-refractivity contribution >= 4 is 16.7 Å². The molecule has 3 nitrogen and oxygen atoms in total. The number of aromatic nitrogens is 1. The molecule has 1 aromatic heterocycles. The Morgan fingerprint density at radius 2 is 2.17 bits per heavy atom. The maximum Gasteiger partial charge on any atom is 0.167 e. The summed E-state index contributed by atoms with van der Waals surface area (Å²) in [5.74, 6) is 0.165. The maximum absolute atomic E-state index is 12.2. The molecule has 18 heavy (non-hydrogen) atoms. The summed E-state index contributed by atoms with van der Waals surface area (Å²) < 4.78 is 0. The lowest BCUT2D eigenvalue weighted by atomic mass is 9.95. The van der Waals surface area contributed by atoms with Crippen molar-refractivity contribution in [3.05, 3.63) is 42.1 Å². The summed E-state index contributed by atoms with van der Waals surface area (Å²) in [6, 6.07) is 9.74. The van der Waals surface area contributed by atoms with Crippen LogP contribution in [0.25, 0.3) is 10.9 Å². The summed E-state index contributed by atoms with van der Waals surface area (Å²) in [5.41, 5.74) is 7.08. The average molecular weight is 242 g/mol. The van der Waals surface area contributed by atoms with E-state index in [4.69, 9.17) is 5.73 Å². The standard InChI is InChI=1S/C15H18N2O/c1-11(5-4-8-16)15(18)13-9-12-6-2-3-7-14(12)17-10-13/h2-3,6-7,9-11H,4-5,8,16H2,1H3. The Labute approximate surface area is 107 Å². The lowest BCUT2D eigenvalue weighted by molar-refractivity contribution is 0.0923. The number of hydrogen-bond acceptors (Lipinski definition) is 3. The van der Waals surface area contributed by atoms with Crippen LogP contribution in [0.2, 0.25) is 0 Å². The van der Waals surface area contributed by atoms with Crippen molar-refractivity contribution in [1.29, 1.82) is 0 Å². The van der Waals surface area contributed by atoms with Gasteiger partial charge in [0.15, 0.2) is 5.78 Å². The zero-order chi connectivity index (χ0) is 13.0. The van der Waals surface area contributed by atoms with Gasteiger partial charge in [-0.15, -0.1) is 0 Å². The second-order valence-electron chi connectivity index (χ2n) is 4.61. The van der Waals surface area contributed by atoms with Crippen LogP contribution < -0.4 is 5.73 Å². The molecule has 0 aliphatic rings. The average Bonchev–Trinajstić information content (AvgIpc) is 2.43. The number of fused-ring (bicyclic) bond motifs is 1. The number of Topliss-reactive ketones (excluding diaryl/α,β-unsaturated/α-hetero) is 1. The number of rotatable bonds is 5. The van der Waals surface area contributed by atoms with Crippen LogP contribution in [0.5, 0.6) is 0 Å². The van der Waals surface area contributed by atoms with Gasteiger partial charge in [0.05, 0.1) is 5.52 Å². The number of nitrogens with zero attached hydrogens (tertiary/aromatic N) is 1. The quantitative estimate of drug-likeness (QED) is 0.820. The molecule has 0 saturated carbocycles. The molecule has 0 fully saturated rings. The molecule has 1 heterocycles. The third-order valence-corrected chi connectivity index (χ3v) is 3.16. The van der Waals surface area contributed by atoms with E-state index in [0.29, 0.717) is 12.1 Å². The van der Waals surface area contributed by atoms with Crippen LogP contribution in [0.4, 0.5) is 0 Å². The topological polar surface area (TPSA) is 56.0 Å². The molecule has 2 rings (SSSR count). The molecule has 3 heteroatoms. The molecule has 2 N–H and O–H groups in total.